The van der Waals surface area contributed by atoms with Gasteiger partial charge in [-0.1, -0.05) is 49.6 Å². The van der Waals surface area contributed by atoms with Gasteiger partial charge in [-0.2, -0.15) is 0 Å². The number of rotatable bonds is 5. The van der Waals surface area contributed by atoms with E-state index in [0.29, 0.717) is 35.2 Å². The maximum Gasteiger partial charge on any atom is 0.340 e. The second-order valence-corrected chi connectivity index (χ2v) is 7.73. The number of benzene rings is 1. The van der Waals surface area contributed by atoms with Gasteiger partial charge in [-0.15, -0.1) is 0 Å². The number of nitrogens with zero attached hydrogens (tertiary/aromatic N) is 3. The Morgan fingerprint density at radius 2 is 1.84 bits per heavy atom. The number of nitrogen functional groups attached to an aromatic ring is 1. The molecule has 2 aromatic heterocycles. The Hall–Kier alpha value is -3.68. The Morgan fingerprint density at radius 1 is 1.10 bits per heavy atom. The molecule has 0 unspecified atom stereocenters. The van der Waals surface area contributed by atoms with Gasteiger partial charge in [0.15, 0.2) is 0 Å². The van der Waals surface area contributed by atoms with Gasteiger partial charge in [0.2, 0.25) is 5.95 Å². The topological polar surface area (TPSA) is 126 Å². The summed E-state index contributed by atoms with van der Waals surface area (Å²) in [5, 5.41) is 0. The first kappa shape index (κ1) is 20.6. The number of aromatic nitrogens is 3. The van der Waals surface area contributed by atoms with Gasteiger partial charge in [0, 0.05) is 6.20 Å². The number of nitrogens with two attached hydrogens (primary N) is 2. The molecular formula is C23H25N5O3. The molecular weight excluding hydrogens is 394 g/mol. The molecule has 31 heavy (non-hydrogen) atoms. The Labute approximate surface area is 180 Å². The molecule has 160 valence electrons. The van der Waals surface area contributed by atoms with E-state index in [2.05, 4.69) is 9.97 Å². The third kappa shape index (κ3) is 4.42. The van der Waals surface area contributed by atoms with Gasteiger partial charge >= 0.3 is 12.0 Å². The van der Waals surface area contributed by atoms with E-state index in [0.717, 1.165) is 25.7 Å². The van der Waals surface area contributed by atoms with Gasteiger partial charge < -0.3 is 16.2 Å². The van der Waals surface area contributed by atoms with Crippen molar-refractivity contribution in [1.29, 1.82) is 0 Å². The Bertz CT molecular complexity index is 1090. The maximum absolute atomic E-state index is 13.1. The molecule has 8 nitrogen and oxygen atoms in total. The standard InChI is InChI=1S/C23H25N5O3/c24-22-26-12-11-18(27-22)19-13-17(21(29)31-14-15-7-3-1-4-8-15)20(28(19)23(25)30)16-9-5-2-6-10-16/h2,5-6,9-13,15H,1,3-4,7-8,14H2,(H2,25,30)(H2,24,26,27). The summed E-state index contributed by atoms with van der Waals surface area (Å²) in [7, 11) is 0. The minimum atomic E-state index is -0.739. The van der Waals surface area contributed by atoms with Crippen molar-refractivity contribution < 1.29 is 14.3 Å². The smallest absolute Gasteiger partial charge is 0.340 e. The third-order valence-corrected chi connectivity index (χ3v) is 5.60. The van der Waals surface area contributed by atoms with Gasteiger partial charge in [-0.05, 0) is 36.5 Å². The minimum absolute atomic E-state index is 0.0532. The summed E-state index contributed by atoms with van der Waals surface area (Å²) in [4.78, 5) is 33.7. The average Bonchev–Trinajstić information content (AvgIpc) is 3.20. The SMILES string of the molecule is NC(=O)n1c(-c2ccnc(N)n2)cc(C(=O)OCC2CCCCC2)c1-c1ccccc1. The zero-order valence-corrected chi connectivity index (χ0v) is 17.2. The number of anilines is 1. The number of ether oxygens (including phenoxy) is 1. The number of amides is 1. The highest BCUT2D eigenvalue weighted by atomic mass is 16.5. The van der Waals surface area contributed by atoms with Crippen molar-refractivity contribution in [3.63, 3.8) is 0 Å². The van der Waals surface area contributed by atoms with Crippen molar-refractivity contribution in [2.45, 2.75) is 32.1 Å². The van der Waals surface area contributed by atoms with Crippen LogP contribution in [-0.2, 0) is 4.74 Å². The molecule has 3 aromatic rings. The summed E-state index contributed by atoms with van der Waals surface area (Å²) >= 11 is 0. The second-order valence-electron chi connectivity index (χ2n) is 7.73. The van der Waals surface area contributed by atoms with Crippen molar-refractivity contribution in [3.05, 3.63) is 54.2 Å². The fraction of sp³-hybridized carbons (Fsp3) is 0.304. The van der Waals surface area contributed by atoms with E-state index in [1.807, 2.05) is 30.3 Å². The van der Waals surface area contributed by atoms with Crippen LogP contribution in [0.1, 0.15) is 42.5 Å². The number of hydrogen-bond donors (Lipinski definition) is 2. The summed E-state index contributed by atoms with van der Waals surface area (Å²) in [6.07, 6.45) is 7.16. The second kappa shape index (κ2) is 8.99. The van der Waals surface area contributed by atoms with Crippen LogP contribution in [0.2, 0.25) is 0 Å². The first-order valence-electron chi connectivity index (χ1n) is 10.4. The normalized spacial score (nSPS) is 14.3. The zero-order valence-electron chi connectivity index (χ0n) is 17.2. The van der Waals surface area contributed by atoms with Crippen LogP contribution < -0.4 is 11.5 Å². The summed E-state index contributed by atoms with van der Waals surface area (Å²) in [6.45, 7) is 0.366. The molecule has 1 aliphatic carbocycles. The molecule has 4 rings (SSSR count). The van der Waals surface area contributed by atoms with Crippen LogP contribution in [0.3, 0.4) is 0 Å². The monoisotopic (exact) mass is 419 g/mol. The minimum Gasteiger partial charge on any atom is -0.462 e. The van der Waals surface area contributed by atoms with Gasteiger partial charge in [-0.3, -0.25) is 4.57 Å². The summed E-state index contributed by atoms with van der Waals surface area (Å²) in [6, 6.07) is 11.6. The van der Waals surface area contributed by atoms with E-state index >= 15 is 0 Å². The molecule has 1 saturated carbocycles. The molecule has 0 aliphatic heterocycles. The van der Waals surface area contributed by atoms with E-state index in [1.165, 1.54) is 17.2 Å². The van der Waals surface area contributed by atoms with Crippen LogP contribution >= 0.6 is 0 Å². The van der Waals surface area contributed by atoms with Crippen molar-refractivity contribution in [3.8, 4) is 22.6 Å². The molecule has 0 atom stereocenters. The molecule has 0 radical (unpaired) electrons. The predicted octanol–water partition coefficient (Wildman–Crippen LogP) is 3.86. The molecule has 2 heterocycles. The Balaban J connectivity index is 1.78. The number of carbonyl (C=O) groups is 2. The van der Waals surface area contributed by atoms with E-state index in [9.17, 15) is 9.59 Å². The number of esters is 1. The predicted molar refractivity (Wildman–Crippen MR) is 117 cm³/mol. The lowest BCUT2D eigenvalue weighted by Crippen LogP contribution is -2.22. The first-order chi connectivity index (χ1) is 15.0. The lowest BCUT2D eigenvalue weighted by atomic mass is 9.90. The van der Waals surface area contributed by atoms with Crippen LogP contribution in [0.4, 0.5) is 10.7 Å². The fourth-order valence-corrected chi connectivity index (χ4v) is 4.11. The van der Waals surface area contributed by atoms with E-state index < -0.39 is 12.0 Å². The Morgan fingerprint density at radius 3 is 2.52 bits per heavy atom. The number of primary amides is 1. The van der Waals surface area contributed by atoms with Crippen LogP contribution in [0.15, 0.2) is 48.7 Å². The molecule has 1 amide bonds. The highest BCUT2D eigenvalue weighted by Gasteiger charge is 2.27. The highest BCUT2D eigenvalue weighted by molar-refractivity contribution is 6.02. The molecule has 1 fully saturated rings. The van der Waals surface area contributed by atoms with Gasteiger partial charge in [-0.25, -0.2) is 19.6 Å². The maximum atomic E-state index is 13.1. The molecule has 0 saturated heterocycles. The lowest BCUT2D eigenvalue weighted by Gasteiger charge is -2.21. The van der Waals surface area contributed by atoms with Crippen molar-refractivity contribution in [2.75, 3.05) is 12.3 Å². The average molecular weight is 419 g/mol. The van der Waals surface area contributed by atoms with Crippen LogP contribution in [0.25, 0.3) is 22.6 Å². The van der Waals surface area contributed by atoms with Crippen molar-refractivity contribution >= 4 is 17.9 Å². The highest BCUT2D eigenvalue weighted by Crippen LogP contribution is 2.33. The first-order valence-corrected chi connectivity index (χ1v) is 10.4. The number of hydrogen-bond acceptors (Lipinski definition) is 6. The molecule has 1 aromatic carbocycles. The van der Waals surface area contributed by atoms with Crippen molar-refractivity contribution in [1.82, 2.24) is 14.5 Å². The van der Waals surface area contributed by atoms with E-state index in [1.54, 1.807) is 12.1 Å². The Kier molecular flexibility index (Phi) is 5.97. The fourth-order valence-electron chi connectivity index (χ4n) is 4.11. The largest absolute Gasteiger partial charge is 0.462 e. The van der Waals surface area contributed by atoms with Gasteiger partial charge in [0.05, 0.1) is 29.3 Å². The van der Waals surface area contributed by atoms with Gasteiger partial charge in [0.25, 0.3) is 0 Å². The summed E-state index contributed by atoms with van der Waals surface area (Å²) < 4.78 is 6.95. The molecule has 4 N–H and O–H groups in total. The van der Waals surface area contributed by atoms with E-state index in [-0.39, 0.29) is 11.5 Å². The van der Waals surface area contributed by atoms with E-state index in [4.69, 9.17) is 16.2 Å². The lowest BCUT2D eigenvalue weighted by molar-refractivity contribution is 0.0411. The summed E-state index contributed by atoms with van der Waals surface area (Å²) in [5.74, 6) is -0.0673. The molecule has 0 bridgehead atoms. The molecule has 1 aliphatic rings. The molecule has 8 heteroatoms. The zero-order chi connectivity index (χ0) is 21.8. The molecule has 0 spiro atoms. The summed E-state index contributed by atoms with van der Waals surface area (Å²) in [5.41, 5.74) is 13.5. The van der Waals surface area contributed by atoms with Gasteiger partial charge in [0.1, 0.15) is 0 Å². The quantitative estimate of drug-likeness (QED) is 0.605. The van der Waals surface area contributed by atoms with Crippen LogP contribution in [0.5, 0.6) is 0 Å². The van der Waals surface area contributed by atoms with Crippen LogP contribution in [-0.4, -0.2) is 33.1 Å². The third-order valence-electron chi connectivity index (χ3n) is 5.60. The number of carbonyl (C=O) groups excluding carboxylic acids is 2. The van der Waals surface area contributed by atoms with Crippen LogP contribution in [0, 0.1) is 5.92 Å². The van der Waals surface area contributed by atoms with Crippen molar-refractivity contribution in [2.24, 2.45) is 11.7 Å².